The molecule has 1 N–H and O–H groups in total. The van der Waals surface area contributed by atoms with Gasteiger partial charge in [-0.3, -0.25) is 4.90 Å². The minimum Gasteiger partial charge on any atom is -0.411 e. The molecular weight excluding hydrogens is 204 g/mol. The number of oxime groups is 1. The number of morpholine rings is 1. The van der Waals surface area contributed by atoms with Gasteiger partial charge in [-0.15, -0.1) is 0 Å². The zero-order valence-electron chi connectivity index (χ0n) is 9.90. The molecule has 16 heavy (non-hydrogen) atoms. The summed E-state index contributed by atoms with van der Waals surface area (Å²) in [5.41, 5.74) is 0.988. The Bertz CT molecular complexity index is 237. The maximum atomic E-state index is 9.14. The zero-order valence-corrected chi connectivity index (χ0v) is 9.90. The largest absolute Gasteiger partial charge is 0.411 e. The van der Waals surface area contributed by atoms with Gasteiger partial charge in [0.2, 0.25) is 0 Å². The summed E-state index contributed by atoms with van der Waals surface area (Å²) < 4.78 is 5.37. The van der Waals surface area contributed by atoms with Crippen LogP contribution < -0.4 is 0 Å². The summed E-state index contributed by atoms with van der Waals surface area (Å²) in [5.74, 6) is 0. The molecule has 0 amide bonds. The van der Waals surface area contributed by atoms with E-state index in [0.29, 0.717) is 6.04 Å². The Morgan fingerprint density at radius 2 is 1.88 bits per heavy atom. The molecule has 92 valence electrons. The van der Waals surface area contributed by atoms with E-state index in [1.54, 1.807) is 0 Å². The SMILES string of the molecule is O/N=C1\CCCCCC[C@@H]1N1CCOCC1. The van der Waals surface area contributed by atoms with Crippen molar-refractivity contribution in [2.75, 3.05) is 26.3 Å². The second-order valence-electron chi connectivity index (χ2n) is 4.71. The Morgan fingerprint density at radius 3 is 2.62 bits per heavy atom. The van der Waals surface area contributed by atoms with Gasteiger partial charge >= 0.3 is 0 Å². The summed E-state index contributed by atoms with van der Waals surface area (Å²) in [5, 5.41) is 12.7. The number of hydrogen-bond donors (Lipinski definition) is 1. The van der Waals surface area contributed by atoms with Gasteiger partial charge in [0, 0.05) is 13.1 Å². The summed E-state index contributed by atoms with van der Waals surface area (Å²) in [4.78, 5) is 2.42. The van der Waals surface area contributed by atoms with Crippen LogP contribution in [0.25, 0.3) is 0 Å². The van der Waals surface area contributed by atoms with Crippen molar-refractivity contribution in [2.45, 2.75) is 44.6 Å². The molecule has 0 spiro atoms. The molecule has 0 radical (unpaired) electrons. The zero-order chi connectivity index (χ0) is 11.2. The molecule has 1 aliphatic heterocycles. The van der Waals surface area contributed by atoms with Gasteiger partial charge in [0.05, 0.1) is 25.0 Å². The van der Waals surface area contributed by atoms with Crippen LogP contribution in [0.3, 0.4) is 0 Å². The summed E-state index contributed by atoms with van der Waals surface area (Å²) in [6.45, 7) is 3.58. The Balaban J connectivity index is 2.00. The van der Waals surface area contributed by atoms with E-state index in [-0.39, 0.29) is 0 Å². The van der Waals surface area contributed by atoms with E-state index in [9.17, 15) is 0 Å². The average Bonchev–Trinajstić information content (AvgIpc) is 2.30. The highest BCUT2D eigenvalue weighted by atomic mass is 16.5. The van der Waals surface area contributed by atoms with Gasteiger partial charge < -0.3 is 9.94 Å². The van der Waals surface area contributed by atoms with E-state index in [1.807, 2.05) is 0 Å². The van der Waals surface area contributed by atoms with E-state index < -0.39 is 0 Å². The van der Waals surface area contributed by atoms with Gasteiger partial charge in [0.25, 0.3) is 0 Å². The average molecular weight is 226 g/mol. The maximum absolute atomic E-state index is 9.14. The third kappa shape index (κ3) is 2.95. The first-order chi connectivity index (χ1) is 7.92. The molecule has 1 saturated carbocycles. The van der Waals surface area contributed by atoms with Crippen molar-refractivity contribution >= 4 is 5.71 Å². The molecule has 2 aliphatic rings. The van der Waals surface area contributed by atoms with Gasteiger partial charge in [-0.2, -0.15) is 0 Å². The normalized spacial score (nSPS) is 32.2. The van der Waals surface area contributed by atoms with E-state index in [0.717, 1.165) is 44.9 Å². The van der Waals surface area contributed by atoms with E-state index >= 15 is 0 Å². The lowest BCUT2D eigenvalue weighted by Gasteiger charge is -2.35. The molecular formula is C12H22N2O2. The molecule has 4 nitrogen and oxygen atoms in total. The highest BCUT2D eigenvalue weighted by molar-refractivity contribution is 5.89. The lowest BCUT2D eigenvalue weighted by atomic mass is 9.93. The fourth-order valence-electron chi connectivity index (χ4n) is 2.73. The molecule has 1 heterocycles. The van der Waals surface area contributed by atoms with Crippen molar-refractivity contribution in [1.82, 2.24) is 4.90 Å². The number of ether oxygens (including phenoxy) is 1. The highest BCUT2D eigenvalue weighted by Crippen LogP contribution is 2.20. The summed E-state index contributed by atoms with van der Waals surface area (Å²) in [6, 6.07) is 0.356. The first-order valence-electron chi connectivity index (χ1n) is 6.44. The van der Waals surface area contributed by atoms with Crippen LogP contribution in [-0.4, -0.2) is 48.2 Å². The monoisotopic (exact) mass is 226 g/mol. The van der Waals surface area contributed by atoms with Gasteiger partial charge in [0.15, 0.2) is 0 Å². The number of hydrogen-bond acceptors (Lipinski definition) is 4. The van der Waals surface area contributed by atoms with Gasteiger partial charge in [0.1, 0.15) is 0 Å². The lowest BCUT2D eigenvalue weighted by molar-refractivity contribution is 0.0260. The maximum Gasteiger partial charge on any atom is 0.0742 e. The molecule has 0 aromatic heterocycles. The van der Waals surface area contributed by atoms with Gasteiger partial charge in [-0.25, -0.2) is 0 Å². The van der Waals surface area contributed by atoms with Crippen molar-refractivity contribution in [3.63, 3.8) is 0 Å². The second kappa shape index (κ2) is 6.21. The van der Waals surface area contributed by atoms with Crippen molar-refractivity contribution in [3.05, 3.63) is 0 Å². The van der Waals surface area contributed by atoms with Crippen LogP contribution in [0.5, 0.6) is 0 Å². The van der Waals surface area contributed by atoms with E-state index in [4.69, 9.17) is 9.94 Å². The molecule has 2 rings (SSSR count). The Morgan fingerprint density at radius 1 is 1.12 bits per heavy atom. The predicted molar refractivity (Wildman–Crippen MR) is 63.1 cm³/mol. The molecule has 0 unspecified atom stereocenters. The van der Waals surface area contributed by atoms with Gasteiger partial charge in [-0.05, 0) is 19.3 Å². The van der Waals surface area contributed by atoms with Crippen molar-refractivity contribution in [2.24, 2.45) is 5.16 Å². The van der Waals surface area contributed by atoms with Crippen LogP contribution in [0.2, 0.25) is 0 Å². The molecule has 1 saturated heterocycles. The third-order valence-electron chi connectivity index (χ3n) is 3.66. The van der Waals surface area contributed by atoms with Crippen molar-refractivity contribution in [1.29, 1.82) is 0 Å². The van der Waals surface area contributed by atoms with Crippen molar-refractivity contribution in [3.8, 4) is 0 Å². The molecule has 2 fully saturated rings. The molecule has 0 aromatic rings. The van der Waals surface area contributed by atoms with Gasteiger partial charge in [-0.1, -0.05) is 24.4 Å². The molecule has 0 bridgehead atoms. The van der Waals surface area contributed by atoms with Crippen LogP contribution in [0.1, 0.15) is 38.5 Å². The van der Waals surface area contributed by atoms with Crippen molar-refractivity contribution < 1.29 is 9.94 Å². The molecule has 1 atom stereocenters. The third-order valence-corrected chi connectivity index (χ3v) is 3.66. The van der Waals surface area contributed by atoms with Crippen LogP contribution in [0.15, 0.2) is 5.16 Å². The van der Waals surface area contributed by atoms with Crippen LogP contribution in [0, 0.1) is 0 Å². The fraction of sp³-hybridized carbons (Fsp3) is 0.917. The molecule has 4 heteroatoms. The van der Waals surface area contributed by atoms with Crippen LogP contribution in [-0.2, 0) is 4.74 Å². The standard InChI is InChI=1S/C12H22N2O2/c15-13-11-5-3-1-2-4-6-12(11)14-7-9-16-10-8-14/h12,15H,1-10H2/b13-11+/t12-/m0/s1. The van der Waals surface area contributed by atoms with E-state index in [2.05, 4.69) is 10.1 Å². The summed E-state index contributed by atoms with van der Waals surface area (Å²) in [7, 11) is 0. The minimum absolute atomic E-state index is 0.356. The Hall–Kier alpha value is -0.610. The van der Waals surface area contributed by atoms with E-state index in [1.165, 1.54) is 25.7 Å². The first-order valence-corrected chi connectivity index (χ1v) is 6.44. The smallest absolute Gasteiger partial charge is 0.0742 e. The first kappa shape index (κ1) is 11.9. The van der Waals surface area contributed by atoms with Crippen LogP contribution in [0.4, 0.5) is 0 Å². The Kier molecular flexibility index (Phi) is 4.60. The molecule has 0 aromatic carbocycles. The second-order valence-corrected chi connectivity index (χ2v) is 4.71. The number of nitrogens with zero attached hydrogens (tertiary/aromatic N) is 2. The summed E-state index contributed by atoms with van der Waals surface area (Å²) in [6.07, 6.45) is 7.10. The van der Waals surface area contributed by atoms with Crippen LogP contribution >= 0.6 is 0 Å². The Labute approximate surface area is 97.3 Å². The quantitative estimate of drug-likeness (QED) is 0.548. The topological polar surface area (TPSA) is 45.1 Å². The molecule has 1 aliphatic carbocycles. The minimum atomic E-state index is 0.356. The number of rotatable bonds is 1. The predicted octanol–water partition coefficient (Wildman–Crippen LogP) is 1.87. The highest BCUT2D eigenvalue weighted by Gasteiger charge is 2.26. The summed E-state index contributed by atoms with van der Waals surface area (Å²) >= 11 is 0. The lowest BCUT2D eigenvalue weighted by Crippen LogP contribution is -2.47. The fourth-order valence-corrected chi connectivity index (χ4v) is 2.73.